The highest BCUT2D eigenvalue weighted by atomic mass is 19.1. The van der Waals surface area contributed by atoms with E-state index in [9.17, 15) is 18.8 Å². The van der Waals surface area contributed by atoms with Crippen LogP contribution >= 0.6 is 0 Å². The summed E-state index contributed by atoms with van der Waals surface area (Å²) in [6, 6.07) is 12.8. The van der Waals surface area contributed by atoms with E-state index in [0.717, 1.165) is 18.4 Å². The van der Waals surface area contributed by atoms with E-state index in [1.807, 2.05) is 0 Å². The molecule has 1 atom stereocenters. The van der Waals surface area contributed by atoms with Crippen molar-refractivity contribution < 1.29 is 28.0 Å². The molecule has 0 aliphatic carbocycles. The molecule has 38 heavy (non-hydrogen) atoms. The number of nitrogens with one attached hydrogen (secondary N) is 1. The van der Waals surface area contributed by atoms with Crippen molar-refractivity contribution in [3.63, 3.8) is 0 Å². The number of nitrogens with zero attached hydrogens (tertiary/aromatic N) is 4. The van der Waals surface area contributed by atoms with Crippen molar-refractivity contribution in [1.82, 2.24) is 15.0 Å². The Hall–Kier alpha value is -4.12. The predicted molar refractivity (Wildman–Crippen MR) is 134 cm³/mol. The van der Waals surface area contributed by atoms with Crippen LogP contribution in [-0.2, 0) is 32.3 Å². The average molecular weight is 522 g/mol. The normalized spacial score (nSPS) is 17.2. The molecular weight excluding hydrogens is 493 g/mol. The molecule has 0 spiro atoms. The van der Waals surface area contributed by atoms with Gasteiger partial charge >= 0.3 is 0 Å². The molecule has 1 aromatic heterocycles. The third kappa shape index (κ3) is 5.88. The van der Waals surface area contributed by atoms with Gasteiger partial charge in [0.2, 0.25) is 17.7 Å². The Labute approximate surface area is 218 Å². The number of aromatic nitrogens is 2. The van der Waals surface area contributed by atoms with Crippen molar-refractivity contribution in [1.29, 1.82) is 0 Å². The molecule has 0 saturated carbocycles. The minimum Gasteiger partial charge on any atom is -0.367 e. The van der Waals surface area contributed by atoms with E-state index in [-0.39, 0.29) is 68.1 Å². The second kappa shape index (κ2) is 11.5. The molecule has 0 radical (unpaired) electrons. The van der Waals surface area contributed by atoms with Gasteiger partial charge in [0.1, 0.15) is 19.0 Å². The van der Waals surface area contributed by atoms with Crippen LogP contribution in [0.2, 0.25) is 0 Å². The minimum absolute atomic E-state index is 0.0150. The predicted octanol–water partition coefficient (Wildman–Crippen LogP) is 3.74. The Bertz CT molecular complexity index is 1310. The third-order valence-corrected chi connectivity index (χ3v) is 6.64. The summed E-state index contributed by atoms with van der Waals surface area (Å²) < 4.78 is 24.0. The molecular formula is C27H28FN5O5. The van der Waals surface area contributed by atoms with E-state index in [1.165, 1.54) is 17.0 Å². The van der Waals surface area contributed by atoms with Crippen molar-refractivity contribution in [3.05, 3.63) is 71.6 Å². The van der Waals surface area contributed by atoms with E-state index < -0.39 is 0 Å². The van der Waals surface area contributed by atoms with Gasteiger partial charge < -0.3 is 24.4 Å². The number of anilines is 2. The van der Waals surface area contributed by atoms with Crippen molar-refractivity contribution in [2.45, 2.75) is 51.4 Å². The summed E-state index contributed by atoms with van der Waals surface area (Å²) in [7, 11) is 0. The van der Waals surface area contributed by atoms with Crippen LogP contribution in [-0.4, -0.2) is 45.9 Å². The first-order valence-corrected chi connectivity index (χ1v) is 12.6. The van der Waals surface area contributed by atoms with E-state index in [1.54, 1.807) is 41.3 Å². The van der Waals surface area contributed by atoms with Gasteiger partial charge in [-0.25, -0.2) is 4.39 Å². The summed E-state index contributed by atoms with van der Waals surface area (Å²) in [5.41, 5.74) is 2.02. The van der Waals surface area contributed by atoms with E-state index >= 15 is 0 Å². The summed E-state index contributed by atoms with van der Waals surface area (Å²) in [6.07, 6.45) is 2.45. The van der Waals surface area contributed by atoms with Gasteiger partial charge in [-0.15, -0.1) is 0 Å². The summed E-state index contributed by atoms with van der Waals surface area (Å²) in [5.74, 6) is -0.334. The average Bonchev–Trinajstić information content (AvgIpc) is 3.41. The van der Waals surface area contributed by atoms with Crippen molar-refractivity contribution in [3.8, 4) is 0 Å². The van der Waals surface area contributed by atoms with Crippen LogP contribution in [0.4, 0.5) is 15.8 Å². The molecule has 1 fully saturated rings. The number of hydrogen-bond acceptors (Lipinski definition) is 7. The fourth-order valence-corrected chi connectivity index (χ4v) is 4.75. The second-order valence-electron chi connectivity index (χ2n) is 9.31. The highest BCUT2D eigenvalue weighted by Crippen LogP contribution is 2.32. The highest BCUT2D eigenvalue weighted by molar-refractivity contribution is 6.10. The quantitative estimate of drug-likeness (QED) is 0.480. The zero-order valence-electron chi connectivity index (χ0n) is 20.8. The topological polar surface area (TPSA) is 118 Å². The number of para-hydroxylation sites is 2. The summed E-state index contributed by atoms with van der Waals surface area (Å²) in [5, 5.41) is 6.84. The van der Waals surface area contributed by atoms with Gasteiger partial charge in [0.25, 0.3) is 5.89 Å². The molecule has 3 heterocycles. The molecule has 1 unspecified atom stereocenters. The third-order valence-electron chi connectivity index (χ3n) is 6.64. The smallest absolute Gasteiger partial charge is 0.252 e. The molecule has 0 bridgehead atoms. The first kappa shape index (κ1) is 25.5. The monoisotopic (exact) mass is 521 g/mol. The molecule has 10 nitrogen and oxygen atoms in total. The summed E-state index contributed by atoms with van der Waals surface area (Å²) in [4.78, 5) is 45.8. The number of benzene rings is 2. The van der Waals surface area contributed by atoms with E-state index in [4.69, 9.17) is 9.26 Å². The van der Waals surface area contributed by atoms with Crippen molar-refractivity contribution in [2.75, 3.05) is 23.3 Å². The standard InChI is InChI=1S/C27H28FN5O5/c28-19-10-8-18(9-11-19)16-37-17-24-30-27(31-38-24)22-7-3-4-14-32(22)25(35)12-13-26(36)33-15-23(34)29-20-5-1-2-6-21(20)33/h1-2,5-6,8-11,22H,3-4,7,12-17H2,(H,29,34). The summed E-state index contributed by atoms with van der Waals surface area (Å²) in [6.45, 7) is 0.816. The highest BCUT2D eigenvalue weighted by Gasteiger charge is 2.33. The van der Waals surface area contributed by atoms with Crippen LogP contribution in [0.25, 0.3) is 0 Å². The lowest BCUT2D eigenvalue weighted by Gasteiger charge is -2.34. The van der Waals surface area contributed by atoms with Gasteiger partial charge in [0, 0.05) is 19.4 Å². The van der Waals surface area contributed by atoms with Crippen LogP contribution in [0.15, 0.2) is 53.1 Å². The lowest BCUT2D eigenvalue weighted by atomic mass is 10.0. The largest absolute Gasteiger partial charge is 0.367 e. The van der Waals surface area contributed by atoms with Gasteiger partial charge in [-0.3, -0.25) is 14.4 Å². The Morgan fingerprint density at radius 2 is 1.84 bits per heavy atom. The molecule has 2 aromatic carbocycles. The first-order valence-electron chi connectivity index (χ1n) is 12.6. The lowest BCUT2D eigenvalue weighted by molar-refractivity contribution is -0.136. The number of hydrogen-bond donors (Lipinski definition) is 1. The number of ether oxygens (including phenoxy) is 1. The number of fused-ring (bicyclic) bond motifs is 1. The SMILES string of the molecule is O=C1CN(C(=O)CCC(=O)N2CCCCC2c2noc(COCc3ccc(F)cc3)n2)c2ccccc2N1. The van der Waals surface area contributed by atoms with Gasteiger partial charge in [0.05, 0.1) is 24.0 Å². The maximum Gasteiger partial charge on any atom is 0.252 e. The fraction of sp³-hybridized carbons (Fsp3) is 0.370. The maximum absolute atomic E-state index is 13.2. The first-order chi connectivity index (χ1) is 18.5. The van der Waals surface area contributed by atoms with Crippen LogP contribution < -0.4 is 10.2 Å². The Morgan fingerprint density at radius 1 is 1.05 bits per heavy atom. The van der Waals surface area contributed by atoms with E-state index in [2.05, 4.69) is 15.5 Å². The number of amides is 3. The number of carbonyl (C=O) groups excluding carboxylic acids is 3. The number of carbonyl (C=O) groups is 3. The number of halogens is 1. The van der Waals surface area contributed by atoms with Crippen LogP contribution in [0.5, 0.6) is 0 Å². The van der Waals surface area contributed by atoms with Crippen LogP contribution in [0, 0.1) is 5.82 Å². The van der Waals surface area contributed by atoms with Crippen LogP contribution in [0.1, 0.15) is 55.4 Å². The van der Waals surface area contributed by atoms with Crippen molar-refractivity contribution >= 4 is 29.1 Å². The molecule has 1 N–H and O–H groups in total. The lowest BCUT2D eigenvalue weighted by Crippen LogP contribution is -2.43. The number of piperidine rings is 1. The molecule has 198 valence electrons. The zero-order valence-corrected chi connectivity index (χ0v) is 20.8. The zero-order chi connectivity index (χ0) is 26.5. The van der Waals surface area contributed by atoms with Gasteiger partial charge in [-0.1, -0.05) is 29.4 Å². The molecule has 2 aliphatic heterocycles. The molecule has 3 amide bonds. The Morgan fingerprint density at radius 3 is 2.68 bits per heavy atom. The van der Waals surface area contributed by atoms with Gasteiger partial charge in [-0.2, -0.15) is 4.98 Å². The Kier molecular flexibility index (Phi) is 7.73. The molecule has 2 aliphatic rings. The van der Waals surface area contributed by atoms with Gasteiger partial charge in [0.15, 0.2) is 5.82 Å². The molecule has 11 heteroatoms. The molecule has 5 rings (SSSR count). The van der Waals surface area contributed by atoms with Gasteiger partial charge in [-0.05, 0) is 49.1 Å². The number of rotatable bonds is 8. The molecule has 3 aromatic rings. The molecule has 1 saturated heterocycles. The Balaban J connectivity index is 1.17. The fourth-order valence-electron chi connectivity index (χ4n) is 4.75. The maximum atomic E-state index is 13.2. The van der Waals surface area contributed by atoms with E-state index in [0.29, 0.717) is 30.2 Å². The number of likely N-dealkylation sites (tertiary alicyclic amines) is 1. The second-order valence-corrected chi connectivity index (χ2v) is 9.31. The van der Waals surface area contributed by atoms with Crippen molar-refractivity contribution in [2.24, 2.45) is 0 Å². The summed E-state index contributed by atoms with van der Waals surface area (Å²) >= 11 is 0. The minimum atomic E-state index is -0.345. The van der Waals surface area contributed by atoms with Crippen LogP contribution in [0.3, 0.4) is 0 Å².